The first-order chi connectivity index (χ1) is 7.81. The number of hydrogen-bond acceptors (Lipinski definition) is 3. The highest BCUT2D eigenvalue weighted by Gasteiger charge is 2.02. The van der Waals surface area contributed by atoms with Crippen LogP contribution in [0.5, 0.6) is 5.75 Å². The highest BCUT2D eigenvalue weighted by molar-refractivity contribution is 7.98. The zero-order valence-corrected chi connectivity index (χ0v) is 11.0. The molecule has 0 aliphatic rings. The third-order valence-corrected chi connectivity index (χ3v) is 3.59. The third kappa shape index (κ3) is 4.06. The van der Waals surface area contributed by atoms with Crippen molar-refractivity contribution in [3.8, 4) is 5.75 Å². The van der Waals surface area contributed by atoms with Crippen LogP contribution in [0, 0.1) is 0 Å². The van der Waals surface area contributed by atoms with Gasteiger partial charge in [-0.25, -0.2) is 0 Å². The Kier molecular flexibility index (Phi) is 6.34. The van der Waals surface area contributed by atoms with E-state index in [9.17, 15) is 0 Å². The first-order valence-electron chi connectivity index (χ1n) is 5.75. The molecule has 0 aliphatic carbocycles. The Labute approximate surface area is 103 Å². The summed E-state index contributed by atoms with van der Waals surface area (Å²) in [6.45, 7) is 2.76. The fourth-order valence-corrected chi connectivity index (χ4v) is 2.57. The molecule has 90 valence electrons. The van der Waals surface area contributed by atoms with Crippen molar-refractivity contribution < 1.29 is 4.74 Å². The molecular weight excluding hydrogens is 218 g/mol. The van der Waals surface area contributed by atoms with Crippen LogP contribution in [0.1, 0.15) is 30.9 Å². The van der Waals surface area contributed by atoms with E-state index >= 15 is 0 Å². The highest BCUT2D eigenvalue weighted by Crippen LogP contribution is 2.22. The highest BCUT2D eigenvalue weighted by atomic mass is 32.2. The van der Waals surface area contributed by atoms with Crippen LogP contribution >= 0.6 is 11.8 Å². The van der Waals surface area contributed by atoms with Crippen molar-refractivity contribution in [3.05, 3.63) is 29.3 Å². The molecule has 0 fully saturated rings. The molecule has 0 spiro atoms. The van der Waals surface area contributed by atoms with Gasteiger partial charge in [-0.2, -0.15) is 11.8 Å². The van der Waals surface area contributed by atoms with Crippen molar-refractivity contribution in [2.24, 2.45) is 5.73 Å². The largest absolute Gasteiger partial charge is 0.496 e. The molecule has 2 nitrogen and oxygen atoms in total. The Morgan fingerprint density at radius 1 is 1.38 bits per heavy atom. The number of unbranched alkanes of at least 4 members (excludes halogenated alkanes) is 1. The molecule has 0 aromatic heterocycles. The van der Waals surface area contributed by atoms with E-state index in [1.165, 1.54) is 24.2 Å². The van der Waals surface area contributed by atoms with Gasteiger partial charge in [0, 0.05) is 17.9 Å². The summed E-state index contributed by atoms with van der Waals surface area (Å²) in [5, 5.41) is 0. The normalized spacial score (nSPS) is 10.4. The fraction of sp³-hybridized carbons (Fsp3) is 0.538. The molecule has 0 atom stereocenters. The summed E-state index contributed by atoms with van der Waals surface area (Å²) in [6, 6.07) is 6.28. The minimum Gasteiger partial charge on any atom is -0.496 e. The second-order valence-corrected chi connectivity index (χ2v) is 4.86. The molecule has 1 aromatic rings. The van der Waals surface area contributed by atoms with Gasteiger partial charge in [-0.3, -0.25) is 0 Å². The Morgan fingerprint density at radius 2 is 2.19 bits per heavy atom. The molecule has 16 heavy (non-hydrogen) atoms. The number of benzene rings is 1. The zero-order valence-electron chi connectivity index (χ0n) is 10.2. The van der Waals surface area contributed by atoms with Gasteiger partial charge in [-0.05, 0) is 29.9 Å². The van der Waals surface area contributed by atoms with Gasteiger partial charge < -0.3 is 10.5 Å². The molecule has 3 heteroatoms. The van der Waals surface area contributed by atoms with Crippen LogP contribution in [0.25, 0.3) is 0 Å². The summed E-state index contributed by atoms with van der Waals surface area (Å²) >= 11 is 1.98. The fourth-order valence-electron chi connectivity index (χ4n) is 1.52. The Bertz CT molecular complexity index is 315. The molecule has 0 aliphatic heterocycles. The second kappa shape index (κ2) is 7.58. The SMILES string of the molecule is CCCCSCc1ccc(OC)c(CN)c1. The lowest BCUT2D eigenvalue weighted by Crippen LogP contribution is -2.00. The summed E-state index contributed by atoms with van der Waals surface area (Å²) in [4.78, 5) is 0. The van der Waals surface area contributed by atoms with Gasteiger partial charge >= 0.3 is 0 Å². The van der Waals surface area contributed by atoms with Gasteiger partial charge in [0.2, 0.25) is 0 Å². The van der Waals surface area contributed by atoms with Crippen molar-refractivity contribution in [2.75, 3.05) is 12.9 Å². The molecule has 2 N–H and O–H groups in total. The van der Waals surface area contributed by atoms with Gasteiger partial charge in [0.15, 0.2) is 0 Å². The van der Waals surface area contributed by atoms with E-state index in [4.69, 9.17) is 10.5 Å². The average molecular weight is 239 g/mol. The molecule has 0 bridgehead atoms. The predicted octanol–water partition coefficient (Wildman–Crippen LogP) is 3.19. The van der Waals surface area contributed by atoms with Crippen LogP contribution in [-0.2, 0) is 12.3 Å². The van der Waals surface area contributed by atoms with Crippen LogP contribution in [-0.4, -0.2) is 12.9 Å². The maximum atomic E-state index is 5.68. The van der Waals surface area contributed by atoms with Crippen LogP contribution in [0.15, 0.2) is 18.2 Å². The molecular formula is C13H21NOS. The molecule has 0 saturated heterocycles. The van der Waals surface area contributed by atoms with E-state index in [0.29, 0.717) is 6.54 Å². The van der Waals surface area contributed by atoms with Gasteiger partial charge in [0.1, 0.15) is 5.75 Å². The Morgan fingerprint density at radius 3 is 2.81 bits per heavy atom. The van der Waals surface area contributed by atoms with Crippen LogP contribution in [0.2, 0.25) is 0 Å². The first kappa shape index (κ1) is 13.4. The molecule has 0 unspecified atom stereocenters. The minimum absolute atomic E-state index is 0.538. The standard InChI is InChI=1S/C13H21NOS/c1-3-4-7-16-10-11-5-6-13(15-2)12(8-11)9-14/h5-6,8H,3-4,7,9-10,14H2,1-2H3. The van der Waals surface area contributed by atoms with Gasteiger partial charge in [0.05, 0.1) is 7.11 Å². The number of hydrogen-bond donors (Lipinski definition) is 1. The molecule has 0 amide bonds. The minimum atomic E-state index is 0.538. The number of thioether (sulfide) groups is 1. The lowest BCUT2D eigenvalue weighted by molar-refractivity contribution is 0.409. The lowest BCUT2D eigenvalue weighted by Gasteiger charge is -2.09. The lowest BCUT2D eigenvalue weighted by atomic mass is 10.1. The summed E-state index contributed by atoms with van der Waals surface area (Å²) in [5.74, 6) is 3.20. The maximum Gasteiger partial charge on any atom is 0.123 e. The molecule has 0 radical (unpaired) electrons. The Hall–Kier alpha value is -0.670. The second-order valence-electron chi connectivity index (χ2n) is 3.76. The topological polar surface area (TPSA) is 35.2 Å². The molecule has 0 saturated carbocycles. The third-order valence-electron chi connectivity index (χ3n) is 2.48. The van der Waals surface area contributed by atoms with Crippen molar-refractivity contribution in [1.29, 1.82) is 0 Å². The summed E-state index contributed by atoms with van der Waals surface area (Å²) < 4.78 is 5.25. The summed E-state index contributed by atoms with van der Waals surface area (Å²) in [5.41, 5.74) is 8.11. The molecule has 0 heterocycles. The predicted molar refractivity (Wildman–Crippen MR) is 72.0 cm³/mol. The van der Waals surface area contributed by atoms with Crippen molar-refractivity contribution in [2.45, 2.75) is 32.1 Å². The van der Waals surface area contributed by atoms with Gasteiger partial charge in [-0.1, -0.05) is 19.4 Å². The van der Waals surface area contributed by atoms with Crippen LogP contribution < -0.4 is 10.5 Å². The zero-order chi connectivity index (χ0) is 11.8. The quantitative estimate of drug-likeness (QED) is 0.742. The summed E-state index contributed by atoms with van der Waals surface area (Å²) in [7, 11) is 1.68. The van der Waals surface area contributed by atoms with E-state index in [2.05, 4.69) is 19.1 Å². The van der Waals surface area contributed by atoms with E-state index in [1.54, 1.807) is 7.11 Å². The number of nitrogens with two attached hydrogens (primary N) is 1. The van der Waals surface area contributed by atoms with Crippen molar-refractivity contribution in [3.63, 3.8) is 0 Å². The summed E-state index contributed by atoms with van der Waals surface area (Å²) in [6.07, 6.45) is 2.56. The number of rotatable bonds is 7. The first-order valence-corrected chi connectivity index (χ1v) is 6.90. The van der Waals surface area contributed by atoms with Crippen LogP contribution in [0.4, 0.5) is 0 Å². The van der Waals surface area contributed by atoms with Gasteiger partial charge in [-0.15, -0.1) is 0 Å². The monoisotopic (exact) mass is 239 g/mol. The number of ether oxygens (including phenoxy) is 1. The van der Waals surface area contributed by atoms with E-state index < -0.39 is 0 Å². The molecule has 1 aromatic carbocycles. The van der Waals surface area contributed by atoms with Crippen molar-refractivity contribution >= 4 is 11.8 Å². The van der Waals surface area contributed by atoms with Crippen LogP contribution in [0.3, 0.4) is 0 Å². The van der Waals surface area contributed by atoms with E-state index in [1.807, 2.05) is 17.8 Å². The van der Waals surface area contributed by atoms with E-state index in [0.717, 1.165) is 17.1 Å². The average Bonchev–Trinajstić information content (AvgIpc) is 2.34. The van der Waals surface area contributed by atoms with Gasteiger partial charge in [0.25, 0.3) is 0 Å². The number of methoxy groups -OCH3 is 1. The molecule has 1 rings (SSSR count). The van der Waals surface area contributed by atoms with E-state index in [-0.39, 0.29) is 0 Å². The van der Waals surface area contributed by atoms with Crippen molar-refractivity contribution in [1.82, 2.24) is 0 Å². The maximum absolute atomic E-state index is 5.68. The Balaban J connectivity index is 2.54. The smallest absolute Gasteiger partial charge is 0.123 e.